The van der Waals surface area contributed by atoms with E-state index in [-0.39, 0.29) is 0 Å². The van der Waals surface area contributed by atoms with Gasteiger partial charge in [0.1, 0.15) is 5.75 Å². The van der Waals surface area contributed by atoms with Crippen LogP contribution in [0, 0.1) is 0 Å². The summed E-state index contributed by atoms with van der Waals surface area (Å²) in [6.07, 6.45) is 1.15. The molecule has 0 saturated carbocycles. The van der Waals surface area contributed by atoms with Crippen molar-refractivity contribution in [3.05, 3.63) is 85.1 Å². The fourth-order valence-corrected chi connectivity index (χ4v) is 2.63. The SMILES string of the molecule is O=C(Nc1ccccc1)Oc1ccccc1-c1ccc2cccnc2n1. The molecule has 0 atom stereocenters. The highest BCUT2D eigenvalue weighted by atomic mass is 16.6. The van der Waals surface area contributed by atoms with Crippen molar-refractivity contribution in [3.63, 3.8) is 0 Å². The molecule has 4 aromatic rings. The number of pyridine rings is 2. The van der Waals surface area contributed by atoms with Gasteiger partial charge in [0.05, 0.1) is 5.69 Å². The van der Waals surface area contributed by atoms with Crippen LogP contribution in [-0.4, -0.2) is 16.1 Å². The van der Waals surface area contributed by atoms with Crippen LogP contribution in [0.25, 0.3) is 22.3 Å². The van der Waals surface area contributed by atoms with Crippen LogP contribution in [0.3, 0.4) is 0 Å². The summed E-state index contributed by atoms with van der Waals surface area (Å²) in [4.78, 5) is 21.1. The maximum absolute atomic E-state index is 12.2. The van der Waals surface area contributed by atoms with Crippen LogP contribution in [-0.2, 0) is 0 Å². The summed E-state index contributed by atoms with van der Waals surface area (Å²) in [5.74, 6) is 0.434. The molecule has 1 N–H and O–H groups in total. The Morgan fingerprint density at radius 3 is 2.54 bits per heavy atom. The van der Waals surface area contributed by atoms with Gasteiger partial charge in [0, 0.05) is 22.8 Å². The molecular formula is C21H15N3O2. The lowest BCUT2D eigenvalue weighted by atomic mass is 10.1. The molecule has 26 heavy (non-hydrogen) atoms. The van der Waals surface area contributed by atoms with E-state index in [2.05, 4.69) is 15.3 Å². The molecule has 0 aliphatic heterocycles. The van der Waals surface area contributed by atoms with E-state index in [1.807, 2.05) is 60.7 Å². The molecule has 5 nitrogen and oxygen atoms in total. The number of anilines is 1. The van der Waals surface area contributed by atoms with E-state index in [4.69, 9.17) is 4.74 Å². The Balaban J connectivity index is 1.62. The van der Waals surface area contributed by atoms with Gasteiger partial charge in [0.2, 0.25) is 0 Å². The number of amides is 1. The standard InChI is InChI=1S/C21H15N3O2/c25-21(23-16-8-2-1-3-9-16)26-19-11-5-4-10-17(19)18-13-12-15-7-6-14-22-20(15)24-18/h1-14H,(H,23,25). The Morgan fingerprint density at radius 2 is 1.65 bits per heavy atom. The first-order valence-electron chi connectivity index (χ1n) is 8.15. The smallest absolute Gasteiger partial charge is 0.409 e. The second kappa shape index (κ2) is 7.03. The number of fused-ring (bicyclic) bond motifs is 1. The van der Waals surface area contributed by atoms with E-state index in [9.17, 15) is 4.79 Å². The quantitative estimate of drug-likeness (QED) is 0.575. The summed E-state index contributed by atoms with van der Waals surface area (Å²) in [6.45, 7) is 0. The van der Waals surface area contributed by atoms with Gasteiger partial charge in [-0.25, -0.2) is 14.8 Å². The summed E-state index contributed by atoms with van der Waals surface area (Å²) in [7, 11) is 0. The summed E-state index contributed by atoms with van der Waals surface area (Å²) in [5, 5.41) is 3.66. The highest BCUT2D eigenvalue weighted by Crippen LogP contribution is 2.29. The number of nitrogens with zero attached hydrogens (tertiary/aromatic N) is 2. The molecule has 126 valence electrons. The number of hydrogen-bond acceptors (Lipinski definition) is 4. The van der Waals surface area contributed by atoms with Crippen LogP contribution in [0.5, 0.6) is 5.75 Å². The maximum atomic E-state index is 12.2. The van der Waals surface area contributed by atoms with Gasteiger partial charge in [-0.1, -0.05) is 30.3 Å². The van der Waals surface area contributed by atoms with Crippen molar-refractivity contribution >= 4 is 22.8 Å². The van der Waals surface area contributed by atoms with Crippen molar-refractivity contribution in [2.45, 2.75) is 0 Å². The minimum Gasteiger partial charge on any atom is -0.409 e. The monoisotopic (exact) mass is 341 g/mol. The fraction of sp³-hybridized carbons (Fsp3) is 0. The van der Waals surface area contributed by atoms with Crippen LogP contribution in [0.2, 0.25) is 0 Å². The lowest BCUT2D eigenvalue weighted by Crippen LogP contribution is -2.17. The number of rotatable bonds is 3. The number of hydrogen-bond donors (Lipinski definition) is 1. The number of para-hydroxylation sites is 2. The van der Waals surface area contributed by atoms with E-state index in [0.717, 1.165) is 10.9 Å². The van der Waals surface area contributed by atoms with E-state index in [1.165, 1.54) is 0 Å². The Morgan fingerprint density at radius 1 is 0.846 bits per heavy atom. The summed E-state index contributed by atoms with van der Waals surface area (Å²) < 4.78 is 5.51. The Labute approximate surface area is 150 Å². The zero-order valence-corrected chi connectivity index (χ0v) is 13.8. The highest BCUT2D eigenvalue weighted by molar-refractivity contribution is 5.88. The molecule has 2 aromatic heterocycles. The second-order valence-electron chi connectivity index (χ2n) is 5.62. The van der Waals surface area contributed by atoms with E-state index < -0.39 is 6.09 Å². The van der Waals surface area contributed by atoms with Gasteiger partial charge < -0.3 is 4.74 Å². The normalized spacial score (nSPS) is 10.5. The van der Waals surface area contributed by atoms with Crippen LogP contribution in [0.15, 0.2) is 85.1 Å². The van der Waals surface area contributed by atoms with E-state index in [1.54, 1.807) is 24.4 Å². The first-order chi connectivity index (χ1) is 12.8. The highest BCUT2D eigenvalue weighted by Gasteiger charge is 2.12. The zero-order valence-electron chi connectivity index (χ0n) is 13.8. The molecule has 0 unspecified atom stereocenters. The third kappa shape index (κ3) is 3.37. The largest absolute Gasteiger partial charge is 0.417 e. The summed E-state index contributed by atoms with van der Waals surface area (Å²) >= 11 is 0. The Kier molecular flexibility index (Phi) is 4.26. The van der Waals surface area contributed by atoms with Gasteiger partial charge in [0.25, 0.3) is 0 Å². The van der Waals surface area contributed by atoms with Gasteiger partial charge >= 0.3 is 6.09 Å². The second-order valence-corrected chi connectivity index (χ2v) is 5.62. The van der Waals surface area contributed by atoms with Crippen LogP contribution < -0.4 is 10.1 Å². The molecule has 4 rings (SSSR count). The van der Waals surface area contributed by atoms with Gasteiger partial charge in [-0.3, -0.25) is 5.32 Å². The van der Waals surface area contributed by atoms with Crippen molar-refractivity contribution in [2.24, 2.45) is 0 Å². The number of ether oxygens (including phenoxy) is 1. The van der Waals surface area contributed by atoms with Crippen LogP contribution >= 0.6 is 0 Å². The fourth-order valence-electron chi connectivity index (χ4n) is 2.63. The maximum Gasteiger partial charge on any atom is 0.417 e. The van der Waals surface area contributed by atoms with Crippen molar-refractivity contribution < 1.29 is 9.53 Å². The topological polar surface area (TPSA) is 64.1 Å². The van der Waals surface area contributed by atoms with Crippen LogP contribution in [0.1, 0.15) is 0 Å². The van der Waals surface area contributed by atoms with Crippen molar-refractivity contribution in [1.82, 2.24) is 9.97 Å². The van der Waals surface area contributed by atoms with Crippen LogP contribution in [0.4, 0.5) is 10.5 Å². The molecule has 2 aromatic carbocycles. The van der Waals surface area contributed by atoms with Crippen molar-refractivity contribution in [3.8, 4) is 17.0 Å². The first kappa shape index (κ1) is 15.8. The predicted molar refractivity (Wildman–Crippen MR) is 101 cm³/mol. The molecule has 0 aliphatic carbocycles. The third-order valence-electron chi connectivity index (χ3n) is 3.85. The molecule has 0 radical (unpaired) electrons. The first-order valence-corrected chi connectivity index (χ1v) is 8.15. The molecule has 5 heteroatoms. The average Bonchev–Trinajstić information content (AvgIpc) is 2.69. The number of carbonyl (C=O) groups excluding carboxylic acids is 1. The molecule has 2 heterocycles. The zero-order chi connectivity index (χ0) is 17.8. The molecule has 0 spiro atoms. The number of carbonyl (C=O) groups is 1. The molecule has 0 saturated heterocycles. The Bertz CT molecular complexity index is 1060. The van der Waals surface area contributed by atoms with Crippen molar-refractivity contribution in [1.29, 1.82) is 0 Å². The number of nitrogens with one attached hydrogen (secondary N) is 1. The van der Waals surface area contributed by atoms with Gasteiger partial charge in [-0.15, -0.1) is 0 Å². The number of aromatic nitrogens is 2. The molecule has 0 fully saturated rings. The third-order valence-corrected chi connectivity index (χ3v) is 3.85. The molecule has 1 amide bonds. The molecule has 0 aliphatic rings. The van der Waals surface area contributed by atoms with E-state index >= 15 is 0 Å². The lowest BCUT2D eigenvalue weighted by molar-refractivity contribution is 0.215. The van der Waals surface area contributed by atoms with Gasteiger partial charge in [-0.2, -0.15) is 0 Å². The Hall–Kier alpha value is -3.73. The van der Waals surface area contributed by atoms with Gasteiger partial charge in [0.15, 0.2) is 5.65 Å². The minimum atomic E-state index is -0.553. The number of benzene rings is 2. The minimum absolute atomic E-state index is 0.434. The lowest BCUT2D eigenvalue weighted by Gasteiger charge is -2.11. The van der Waals surface area contributed by atoms with Crippen molar-refractivity contribution in [2.75, 3.05) is 5.32 Å². The predicted octanol–water partition coefficient (Wildman–Crippen LogP) is 4.91. The average molecular weight is 341 g/mol. The van der Waals surface area contributed by atoms with E-state index in [0.29, 0.717) is 22.8 Å². The summed E-state index contributed by atoms with van der Waals surface area (Å²) in [6, 6.07) is 24.1. The van der Waals surface area contributed by atoms with Gasteiger partial charge in [-0.05, 0) is 48.5 Å². The molecule has 0 bridgehead atoms. The summed E-state index contributed by atoms with van der Waals surface area (Å²) in [5.41, 5.74) is 2.74. The molecular weight excluding hydrogens is 326 g/mol.